The average Bonchev–Trinajstić information content (AvgIpc) is 3.30. The Labute approximate surface area is 173 Å². The van der Waals surface area contributed by atoms with Gasteiger partial charge in [0.15, 0.2) is 0 Å². The van der Waals surface area contributed by atoms with Crippen LogP contribution in [0.1, 0.15) is 26.3 Å². The van der Waals surface area contributed by atoms with Gasteiger partial charge in [-0.25, -0.2) is 4.39 Å². The standard InChI is InChI=1S/C22H22FN5O2/c1-4-28-12-14(10-25-28)26-13(3)20-15-9-17(24-11-18(15)27-22(20)29)21-16(23)7-6-8-19(21)30-5-2/h6-12,26H,4-5H2,1-3H3,(H,27,29)/b20-13-. The van der Waals surface area contributed by atoms with Crippen molar-refractivity contribution in [2.75, 3.05) is 17.2 Å². The van der Waals surface area contributed by atoms with E-state index in [9.17, 15) is 9.18 Å². The Bertz CT molecular complexity index is 1150. The molecular weight excluding hydrogens is 385 g/mol. The number of anilines is 2. The molecule has 2 aromatic heterocycles. The summed E-state index contributed by atoms with van der Waals surface area (Å²) in [6.45, 7) is 6.81. The Balaban J connectivity index is 1.77. The Morgan fingerprint density at radius 1 is 1.30 bits per heavy atom. The van der Waals surface area contributed by atoms with Crippen molar-refractivity contribution in [2.45, 2.75) is 27.3 Å². The fraction of sp³-hybridized carbons (Fsp3) is 0.227. The molecule has 0 spiro atoms. The maximum absolute atomic E-state index is 14.6. The molecule has 3 aromatic rings. The Morgan fingerprint density at radius 2 is 2.13 bits per heavy atom. The van der Waals surface area contributed by atoms with Gasteiger partial charge in [-0.3, -0.25) is 14.5 Å². The van der Waals surface area contributed by atoms with Crippen LogP contribution in [0.5, 0.6) is 5.75 Å². The predicted molar refractivity (Wildman–Crippen MR) is 114 cm³/mol. The van der Waals surface area contributed by atoms with E-state index >= 15 is 0 Å². The Morgan fingerprint density at radius 3 is 2.87 bits per heavy atom. The average molecular weight is 407 g/mol. The molecule has 0 saturated carbocycles. The van der Waals surface area contributed by atoms with E-state index in [1.165, 1.54) is 6.07 Å². The molecule has 4 rings (SSSR count). The van der Waals surface area contributed by atoms with Gasteiger partial charge in [0.2, 0.25) is 0 Å². The summed E-state index contributed by atoms with van der Waals surface area (Å²) in [6, 6.07) is 6.38. The highest BCUT2D eigenvalue weighted by Gasteiger charge is 2.28. The highest BCUT2D eigenvalue weighted by molar-refractivity contribution is 6.32. The van der Waals surface area contributed by atoms with Crippen molar-refractivity contribution in [3.8, 4) is 17.0 Å². The van der Waals surface area contributed by atoms with E-state index in [4.69, 9.17) is 4.74 Å². The molecule has 30 heavy (non-hydrogen) atoms. The molecule has 8 heteroatoms. The SMILES string of the molecule is CCOc1cccc(F)c1-c1cc2c(cn1)NC(=O)/C2=C(/C)Nc1cnn(CC)c1. The lowest BCUT2D eigenvalue weighted by Gasteiger charge is -2.12. The number of halogens is 1. The lowest BCUT2D eigenvalue weighted by atomic mass is 10.0. The third-order valence-corrected chi connectivity index (χ3v) is 4.84. The molecule has 1 aliphatic rings. The summed E-state index contributed by atoms with van der Waals surface area (Å²) in [5.41, 5.74) is 3.84. The molecule has 1 aromatic carbocycles. The first-order chi connectivity index (χ1) is 14.5. The number of nitrogens with one attached hydrogen (secondary N) is 2. The zero-order chi connectivity index (χ0) is 21.3. The van der Waals surface area contributed by atoms with Gasteiger partial charge in [-0.1, -0.05) is 6.07 Å². The van der Waals surface area contributed by atoms with E-state index in [0.717, 1.165) is 12.2 Å². The number of fused-ring (bicyclic) bond motifs is 1. The molecule has 3 heterocycles. The van der Waals surface area contributed by atoms with Crippen LogP contribution in [0.25, 0.3) is 16.8 Å². The number of hydrogen-bond donors (Lipinski definition) is 2. The molecule has 1 amide bonds. The number of pyridine rings is 1. The summed E-state index contributed by atoms with van der Waals surface area (Å²) in [6.07, 6.45) is 5.11. The minimum atomic E-state index is -0.432. The second-order valence-electron chi connectivity index (χ2n) is 6.82. The van der Waals surface area contributed by atoms with Crippen molar-refractivity contribution < 1.29 is 13.9 Å². The molecule has 0 atom stereocenters. The lowest BCUT2D eigenvalue weighted by Crippen LogP contribution is -2.08. The predicted octanol–water partition coefficient (Wildman–Crippen LogP) is 4.30. The highest BCUT2D eigenvalue weighted by Crippen LogP contribution is 2.38. The topological polar surface area (TPSA) is 81.1 Å². The van der Waals surface area contributed by atoms with Crippen LogP contribution in [-0.4, -0.2) is 27.3 Å². The van der Waals surface area contributed by atoms with Crippen molar-refractivity contribution in [1.29, 1.82) is 0 Å². The summed E-state index contributed by atoms with van der Waals surface area (Å²) in [5, 5.41) is 10.3. The third-order valence-electron chi connectivity index (χ3n) is 4.84. The number of ether oxygens (including phenoxy) is 1. The lowest BCUT2D eigenvalue weighted by molar-refractivity contribution is -0.110. The molecule has 0 bridgehead atoms. The van der Waals surface area contributed by atoms with E-state index in [0.29, 0.717) is 40.6 Å². The molecule has 2 N–H and O–H groups in total. The molecule has 0 aliphatic carbocycles. The van der Waals surface area contributed by atoms with Gasteiger partial charge in [0.25, 0.3) is 5.91 Å². The monoisotopic (exact) mass is 407 g/mol. The minimum Gasteiger partial charge on any atom is -0.493 e. The molecule has 154 valence electrons. The van der Waals surface area contributed by atoms with Crippen LogP contribution >= 0.6 is 0 Å². The van der Waals surface area contributed by atoms with Crippen LogP contribution in [0.15, 0.2) is 48.6 Å². The van der Waals surface area contributed by atoms with Crippen molar-refractivity contribution in [1.82, 2.24) is 14.8 Å². The Hall–Kier alpha value is -3.68. The van der Waals surface area contributed by atoms with E-state index < -0.39 is 5.82 Å². The second kappa shape index (κ2) is 7.98. The summed E-state index contributed by atoms with van der Waals surface area (Å²) >= 11 is 0. The first-order valence-electron chi connectivity index (χ1n) is 9.75. The van der Waals surface area contributed by atoms with Gasteiger partial charge in [-0.2, -0.15) is 5.10 Å². The van der Waals surface area contributed by atoms with Crippen LogP contribution in [0.4, 0.5) is 15.8 Å². The first-order valence-corrected chi connectivity index (χ1v) is 9.75. The summed E-state index contributed by atoms with van der Waals surface area (Å²) < 4.78 is 22.0. The van der Waals surface area contributed by atoms with Gasteiger partial charge < -0.3 is 15.4 Å². The maximum atomic E-state index is 14.6. The number of hydrogen-bond acceptors (Lipinski definition) is 5. The van der Waals surface area contributed by atoms with Gasteiger partial charge in [0.1, 0.15) is 11.6 Å². The summed E-state index contributed by atoms with van der Waals surface area (Å²) in [5.74, 6) is -0.261. The van der Waals surface area contributed by atoms with Crippen molar-refractivity contribution >= 4 is 22.9 Å². The fourth-order valence-electron chi connectivity index (χ4n) is 3.49. The molecule has 0 radical (unpaired) electrons. The zero-order valence-electron chi connectivity index (χ0n) is 17.0. The quantitative estimate of drug-likeness (QED) is 0.596. The van der Waals surface area contributed by atoms with Gasteiger partial charge in [-0.05, 0) is 39.0 Å². The number of carbonyl (C=O) groups is 1. The van der Waals surface area contributed by atoms with Gasteiger partial charge >= 0.3 is 0 Å². The van der Waals surface area contributed by atoms with Crippen LogP contribution in [-0.2, 0) is 11.3 Å². The van der Waals surface area contributed by atoms with E-state index in [2.05, 4.69) is 20.7 Å². The summed E-state index contributed by atoms with van der Waals surface area (Å²) in [7, 11) is 0. The number of aromatic nitrogens is 3. The molecule has 0 saturated heterocycles. The van der Waals surface area contributed by atoms with Gasteiger partial charge in [0.05, 0.1) is 47.2 Å². The fourth-order valence-corrected chi connectivity index (χ4v) is 3.49. The van der Waals surface area contributed by atoms with Crippen molar-refractivity contribution in [3.05, 3.63) is 59.9 Å². The van der Waals surface area contributed by atoms with Crippen LogP contribution in [0.2, 0.25) is 0 Å². The molecule has 7 nitrogen and oxygen atoms in total. The number of aryl methyl sites for hydroxylation is 1. The number of amides is 1. The first kappa shape index (κ1) is 19.6. The molecule has 0 fully saturated rings. The number of nitrogens with zero attached hydrogens (tertiary/aromatic N) is 3. The minimum absolute atomic E-state index is 0.240. The maximum Gasteiger partial charge on any atom is 0.258 e. The van der Waals surface area contributed by atoms with Gasteiger partial charge in [-0.15, -0.1) is 0 Å². The largest absolute Gasteiger partial charge is 0.493 e. The normalized spacial score (nSPS) is 14.3. The molecule has 1 aliphatic heterocycles. The van der Waals surface area contributed by atoms with Gasteiger partial charge in [0, 0.05) is 24.0 Å². The number of rotatable bonds is 6. The Kier molecular flexibility index (Phi) is 5.22. The number of allylic oxidation sites excluding steroid dienone is 1. The van der Waals surface area contributed by atoms with Crippen LogP contribution in [0.3, 0.4) is 0 Å². The molecular formula is C22H22FN5O2. The smallest absolute Gasteiger partial charge is 0.258 e. The van der Waals surface area contributed by atoms with Crippen molar-refractivity contribution in [2.24, 2.45) is 0 Å². The highest BCUT2D eigenvalue weighted by atomic mass is 19.1. The van der Waals surface area contributed by atoms with Crippen molar-refractivity contribution in [3.63, 3.8) is 0 Å². The van der Waals surface area contributed by atoms with Crippen LogP contribution < -0.4 is 15.4 Å². The van der Waals surface area contributed by atoms with E-state index in [-0.39, 0.29) is 11.5 Å². The zero-order valence-corrected chi connectivity index (χ0v) is 17.0. The van der Waals surface area contributed by atoms with E-state index in [1.54, 1.807) is 35.3 Å². The molecule has 0 unspecified atom stereocenters. The van der Waals surface area contributed by atoms with Crippen LogP contribution in [0, 0.1) is 5.82 Å². The number of benzene rings is 1. The summed E-state index contributed by atoms with van der Waals surface area (Å²) in [4.78, 5) is 17.0. The van der Waals surface area contributed by atoms with E-state index in [1.807, 2.05) is 27.0 Å². The third kappa shape index (κ3) is 3.52. The second-order valence-corrected chi connectivity index (χ2v) is 6.82. The number of carbonyl (C=O) groups excluding carboxylic acids is 1.